The van der Waals surface area contributed by atoms with Gasteiger partial charge in [-0.1, -0.05) is 31.5 Å². The molecule has 2 unspecified atom stereocenters. The van der Waals surface area contributed by atoms with E-state index in [2.05, 4.69) is 17.6 Å². The van der Waals surface area contributed by atoms with E-state index in [1.807, 2.05) is 30.3 Å². The van der Waals surface area contributed by atoms with E-state index in [1.54, 1.807) is 0 Å². The molecule has 2 rings (SSSR count). The number of para-hydroxylation sites is 1. The van der Waals surface area contributed by atoms with Crippen molar-refractivity contribution >= 4 is 11.6 Å². The Bertz CT molecular complexity index is 364. The van der Waals surface area contributed by atoms with E-state index in [-0.39, 0.29) is 11.9 Å². The van der Waals surface area contributed by atoms with Crippen LogP contribution in [0, 0.1) is 5.92 Å². The van der Waals surface area contributed by atoms with Crippen molar-refractivity contribution in [2.75, 3.05) is 11.9 Å². The van der Waals surface area contributed by atoms with Crippen molar-refractivity contribution in [1.82, 2.24) is 5.32 Å². The molecule has 0 spiro atoms. The van der Waals surface area contributed by atoms with Gasteiger partial charge in [0, 0.05) is 5.69 Å². The first-order valence-corrected chi connectivity index (χ1v) is 6.39. The number of anilines is 1. The lowest BCUT2D eigenvalue weighted by molar-refractivity contribution is -0.119. The zero-order valence-electron chi connectivity index (χ0n) is 10.3. The first kappa shape index (κ1) is 12.1. The molecule has 0 aliphatic carbocycles. The Kier molecular flexibility index (Phi) is 4.15. The molecule has 3 nitrogen and oxygen atoms in total. The Hall–Kier alpha value is -1.35. The molecular formula is C14H20N2O. The van der Waals surface area contributed by atoms with Crippen molar-refractivity contribution < 1.29 is 4.79 Å². The zero-order valence-corrected chi connectivity index (χ0v) is 10.3. The molecular weight excluding hydrogens is 212 g/mol. The second-order valence-corrected chi connectivity index (χ2v) is 4.66. The molecule has 1 heterocycles. The van der Waals surface area contributed by atoms with Gasteiger partial charge in [-0.3, -0.25) is 4.79 Å². The van der Waals surface area contributed by atoms with Crippen LogP contribution in [-0.2, 0) is 4.79 Å². The number of amides is 1. The molecule has 0 radical (unpaired) electrons. The number of nitrogens with one attached hydrogen (secondary N) is 2. The van der Waals surface area contributed by atoms with Crippen molar-refractivity contribution in [1.29, 1.82) is 0 Å². The average molecular weight is 232 g/mol. The van der Waals surface area contributed by atoms with Crippen molar-refractivity contribution in [2.45, 2.75) is 32.2 Å². The molecule has 2 N–H and O–H groups in total. The standard InChI is InChI=1S/C14H20N2O/c1-2-11-8-9-15-13(10-11)14(17)16-12-6-4-3-5-7-12/h3-7,11,13,15H,2,8-10H2,1H3,(H,16,17). The number of carbonyl (C=O) groups excluding carboxylic acids is 1. The number of carbonyl (C=O) groups is 1. The summed E-state index contributed by atoms with van der Waals surface area (Å²) >= 11 is 0. The maximum absolute atomic E-state index is 12.1. The Balaban J connectivity index is 1.91. The summed E-state index contributed by atoms with van der Waals surface area (Å²) in [4.78, 5) is 12.1. The van der Waals surface area contributed by atoms with E-state index >= 15 is 0 Å². The first-order valence-electron chi connectivity index (χ1n) is 6.39. The molecule has 0 bridgehead atoms. The lowest BCUT2D eigenvalue weighted by Crippen LogP contribution is -2.46. The fraction of sp³-hybridized carbons (Fsp3) is 0.500. The van der Waals surface area contributed by atoms with Gasteiger partial charge in [-0.2, -0.15) is 0 Å². The van der Waals surface area contributed by atoms with Crippen LogP contribution in [0.25, 0.3) is 0 Å². The Labute approximate surface area is 103 Å². The topological polar surface area (TPSA) is 41.1 Å². The largest absolute Gasteiger partial charge is 0.325 e. The van der Waals surface area contributed by atoms with Crippen molar-refractivity contribution in [2.24, 2.45) is 5.92 Å². The summed E-state index contributed by atoms with van der Waals surface area (Å²) in [7, 11) is 0. The fourth-order valence-corrected chi connectivity index (χ4v) is 2.32. The number of hydrogen-bond donors (Lipinski definition) is 2. The molecule has 3 heteroatoms. The maximum Gasteiger partial charge on any atom is 0.241 e. The molecule has 2 atom stereocenters. The normalized spacial score (nSPS) is 24.3. The summed E-state index contributed by atoms with van der Waals surface area (Å²) in [6, 6.07) is 9.60. The van der Waals surface area contributed by atoms with E-state index in [9.17, 15) is 4.79 Å². The molecule has 0 saturated carbocycles. The Morgan fingerprint density at radius 1 is 1.41 bits per heavy atom. The van der Waals surface area contributed by atoms with Crippen molar-refractivity contribution in [3.05, 3.63) is 30.3 Å². The third-order valence-corrected chi connectivity index (χ3v) is 3.45. The predicted octanol–water partition coefficient (Wildman–Crippen LogP) is 2.40. The van der Waals surface area contributed by atoms with Crippen LogP contribution in [-0.4, -0.2) is 18.5 Å². The SMILES string of the molecule is CCC1CCNC(C(=O)Nc2ccccc2)C1. The van der Waals surface area contributed by atoms with Gasteiger partial charge in [-0.15, -0.1) is 0 Å². The van der Waals surface area contributed by atoms with Crippen molar-refractivity contribution in [3.8, 4) is 0 Å². The number of rotatable bonds is 3. The summed E-state index contributed by atoms with van der Waals surface area (Å²) in [6.45, 7) is 3.15. The minimum atomic E-state index is -0.0334. The average Bonchev–Trinajstić information content (AvgIpc) is 2.40. The van der Waals surface area contributed by atoms with Gasteiger partial charge >= 0.3 is 0 Å². The van der Waals surface area contributed by atoms with Crippen LogP contribution in [0.15, 0.2) is 30.3 Å². The quantitative estimate of drug-likeness (QED) is 0.840. The maximum atomic E-state index is 12.1. The van der Waals surface area contributed by atoms with Crippen LogP contribution >= 0.6 is 0 Å². The number of benzene rings is 1. The van der Waals surface area contributed by atoms with Crippen LogP contribution in [0.2, 0.25) is 0 Å². The van der Waals surface area contributed by atoms with Crippen molar-refractivity contribution in [3.63, 3.8) is 0 Å². The van der Waals surface area contributed by atoms with E-state index in [1.165, 1.54) is 6.42 Å². The molecule has 1 aromatic rings. The van der Waals surface area contributed by atoms with Crippen LogP contribution in [0.4, 0.5) is 5.69 Å². The third kappa shape index (κ3) is 3.30. The van der Waals surface area contributed by atoms with Gasteiger partial charge in [-0.05, 0) is 37.4 Å². The van der Waals surface area contributed by atoms with Crippen LogP contribution in [0.1, 0.15) is 26.2 Å². The second-order valence-electron chi connectivity index (χ2n) is 4.66. The highest BCUT2D eigenvalue weighted by Gasteiger charge is 2.25. The minimum Gasteiger partial charge on any atom is -0.325 e. The molecule has 1 saturated heterocycles. The Morgan fingerprint density at radius 3 is 2.88 bits per heavy atom. The first-order chi connectivity index (χ1) is 8.29. The summed E-state index contributed by atoms with van der Waals surface area (Å²) in [5, 5.41) is 6.25. The van der Waals surface area contributed by atoms with Gasteiger partial charge in [0.15, 0.2) is 0 Å². The number of piperidine rings is 1. The van der Waals surface area contributed by atoms with E-state index in [0.717, 1.165) is 25.1 Å². The highest BCUT2D eigenvalue weighted by molar-refractivity contribution is 5.94. The van der Waals surface area contributed by atoms with Gasteiger partial charge in [-0.25, -0.2) is 0 Å². The smallest absolute Gasteiger partial charge is 0.241 e. The Morgan fingerprint density at radius 2 is 2.18 bits per heavy atom. The molecule has 1 aromatic carbocycles. The van der Waals surface area contributed by atoms with Gasteiger partial charge in [0.1, 0.15) is 0 Å². The van der Waals surface area contributed by atoms with Crippen LogP contribution < -0.4 is 10.6 Å². The fourth-order valence-electron chi connectivity index (χ4n) is 2.32. The highest BCUT2D eigenvalue weighted by atomic mass is 16.2. The van der Waals surface area contributed by atoms with Crippen LogP contribution in [0.5, 0.6) is 0 Å². The molecule has 1 fully saturated rings. The molecule has 17 heavy (non-hydrogen) atoms. The molecule has 92 valence electrons. The van der Waals surface area contributed by atoms with Crippen LogP contribution in [0.3, 0.4) is 0 Å². The second kappa shape index (κ2) is 5.82. The van der Waals surface area contributed by atoms with Gasteiger partial charge in [0.05, 0.1) is 6.04 Å². The summed E-state index contributed by atoms with van der Waals surface area (Å²) in [5.41, 5.74) is 0.873. The number of hydrogen-bond acceptors (Lipinski definition) is 2. The zero-order chi connectivity index (χ0) is 12.1. The monoisotopic (exact) mass is 232 g/mol. The summed E-state index contributed by atoms with van der Waals surface area (Å²) in [6.07, 6.45) is 3.30. The summed E-state index contributed by atoms with van der Waals surface area (Å²) < 4.78 is 0. The van der Waals surface area contributed by atoms with Gasteiger partial charge in [0.25, 0.3) is 0 Å². The molecule has 1 aliphatic heterocycles. The molecule has 1 amide bonds. The lowest BCUT2D eigenvalue weighted by atomic mass is 9.90. The van der Waals surface area contributed by atoms with E-state index in [4.69, 9.17) is 0 Å². The highest BCUT2D eigenvalue weighted by Crippen LogP contribution is 2.20. The molecule has 0 aromatic heterocycles. The predicted molar refractivity (Wildman–Crippen MR) is 69.9 cm³/mol. The van der Waals surface area contributed by atoms with Gasteiger partial charge in [0.2, 0.25) is 5.91 Å². The summed E-state index contributed by atoms with van der Waals surface area (Å²) in [5.74, 6) is 0.775. The third-order valence-electron chi connectivity index (χ3n) is 3.45. The molecule has 1 aliphatic rings. The van der Waals surface area contributed by atoms with Gasteiger partial charge < -0.3 is 10.6 Å². The van der Waals surface area contributed by atoms with E-state index in [0.29, 0.717) is 5.92 Å². The lowest BCUT2D eigenvalue weighted by Gasteiger charge is -2.28. The minimum absolute atomic E-state index is 0.0334. The van der Waals surface area contributed by atoms with E-state index < -0.39 is 0 Å².